The molecule has 4 heteroatoms. The quantitative estimate of drug-likeness (QED) is 0.675. The van der Waals surface area contributed by atoms with Gasteiger partial charge in [-0.1, -0.05) is 13.8 Å². The second-order valence-corrected chi connectivity index (χ2v) is 6.99. The van der Waals surface area contributed by atoms with Crippen molar-refractivity contribution in [1.82, 2.24) is 9.34 Å². The van der Waals surface area contributed by atoms with Gasteiger partial charge in [-0.25, -0.2) is 9.34 Å². The van der Waals surface area contributed by atoms with Crippen molar-refractivity contribution in [3.8, 4) is 0 Å². The van der Waals surface area contributed by atoms with Gasteiger partial charge >= 0.3 is 0 Å². The summed E-state index contributed by atoms with van der Waals surface area (Å²) in [5.74, 6) is 0. The van der Waals surface area contributed by atoms with E-state index in [0.717, 1.165) is 13.1 Å². The van der Waals surface area contributed by atoms with Crippen molar-refractivity contribution in [2.75, 3.05) is 13.1 Å². The highest BCUT2D eigenvalue weighted by Crippen LogP contribution is 2.53. The molecule has 102 valence electrons. The Labute approximate surface area is 108 Å². The van der Waals surface area contributed by atoms with Gasteiger partial charge in [0.05, 0.1) is 6.10 Å². The molecule has 0 aromatic heterocycles. The molecule has 0 aromatic carbocycles. The molecule has 3 nitrogen and oxygen atoms in total. The molecule has 0 saturated carbocycles. The van der Waals surface area contributed by atoms with Crippen LogP contribution >= 0.6 is 8.45 Å². The minimum absolute atomic E-state index is 0.317. The molecular weight excluding hydrogens is 231 g/mol. The lowest BCUT2D eigenvalue weighted by Crippen LogP contribution is -2.29. The molecule has 3 atom stereocenters. The molecule has 1 aliphatic heterocycles. The normalized spacial score (nSPS) is 26.6. The van der Waals surface area contributed by atoms with Crippen LogP contribution in [0.1, 0.15) is 54.4 Å². The molecule has 17 heavy (non-hydrogen) atoms. The summed E-state index contributed by atoms with van der Waals surface area (Å²) in [5, 5.41) is 0. The largest absolute Gasteiger partial charge is 0.329 e. The molecule has 0 spiro atoms. The first-order chi connectivity index (χ1) is 8.01. The van der Waals surface area contributed by atoms with Crippen LogP contribution in [0.25, 0.3) is 0 Å². The monoisotopic (exact) mass is 260 g/mol. The standard InChI is InChI=1S/C13H29N2OP/c1-7-12(5)14-9-10-15(13(6)8-2)17(14)16-11(3)4/h11-13H,7-10H2,1-6H3/t12-,13+,17?. The van der Waals surface area contributed by atoms with E-state index in [1.165, 1.54) is 12.8 Å². The van der Waals surface area contributed by atoms with E-state index in [1.54, 1.807) is 0 Å². The van der Waals surface area contributed by atoms with Gasteiger partial charge < -0.3 is 4.52 Å². The van der Waals surface area contributed by atoms with Crippen LogP contribution in [0.4, 0.5) is 0 Å². The van der Waals surface area contributed by atoms with Gasteiger partial charge in [0.25, 0.3) is 0 Å². The minimum Gasteiger partial charge on any atom is -0.329 e. The van der Waals surface area contributed by atoms with E-state index in [-0.39, 0.29) is 0 Å². The van der Waals surface area contributed by atoms with E-state index in [9.17, 15) is 0 Å². The van der Waals surface area contributed by atoms with Gasteiger partial charge in [0.2, 0.25) is 0 Å². The summed E-state index contributed by atoms with van der Waals surface area (Å²) in [6.45, 7) is 15.8. The Kier molecular flexibility index (Phi) is 6.36. The summed E-state index contributed by atoms with van der Waals surface area (Å²) in [4.78, 5) is 0. The summed E-state index contributed by atoms with van der Waals surface area (Å²) in [7, 11) is -0.535. The van der Waals surface area contributed by atoms with E-state index < -0.39 is 8.45 Å². The fraction of sp³-hybridized carbons (Fsp3) is 1.00. The summed E-state index contributed by atoms with van der Waals surface area (Å²) < 4.78 is 11.3. The molecule has 0 radical (unpaired) electrons. The Balaban J connectivity index is 2.73. The zero-order valence-corrected chi connectivity index (χ0v) is 13.2. The Morgan fingerprint density at radius 2 is 1.35 bits per heavy atom. The molecule has 1 aliphatic rings. The van der Waals surface area contributed by atoms with E-state index in [0.29, 0.717) is 18.2 Å². The van der Waals surface area contributed by atoms with Crippen molar-refractivity contribution in [2.45, 2.75) is 72.6 Å². The Morgan fingerprint density at radius 3 is 1.65 bits per heavy atom. The fourth-order valence-corrected chi connectivity index (χ4v) is 4.47. The summed E-state index contributed by atoms with van der Waals surface area (Å²) in [6.07, 6.45) is 2.72. The first-order valence-corrected chi connectivity index (χ1v) is 8.17. The van der Waals surface area contributed by atoms with Gasteiger partial charge in [-0.05, 0) is 40.5 Å². The maximum absolute atomic E-state index is 6.20. The van der Waals surface area contributed by atoms with Crippen LogP contribution in [0.15, 0.2) is 0 Å². The van der Waals surface area contributed by atoms with Crippen LogP contribution in [0.5, 0.6) is 0 Å². The van der Waals surface area contributed by atoms with Crippen LogP contribution in [-0.2, 0) is 4.52 Å². The molecule has 0 N–H and O–H groups in total. The van der Waals surface area contributed by atoms with Crippen molar-refractivity contribution in [2.24, 2.45) is 0 Å². The zero-order chi connectivity index (χ0) is 13.0. The predicted molar refractivity (Wildman–Crippen MR) is 76.1 cm³/mol. The highest BCUT2D eigenvalue weighted by molar-refractivity contribution is 7.47. The van der Waals surface area contributed by atoms with E-state index in [4.69, 9.17) is 4.52 Å². The highest BCUT2D eigenvalue weighted by Gasteiger charge is 2.38. The molecular formula is C13H29N2OP. The number of hydrogen-bond donors (Lipinski definition) is 0. The van der Waals surface area contributed by atoms with Crippen LogP contribution in [-0.4, -0.2) is 40.6 Å². The van der Waals surface area contributed by atoms with E-state index in [2.05, 4.69) is 50.9 Å². The van der Waals surface area contributed by atoms with Crippen LogP contribution in [0.3, 0.4) is 0 Å². The van der Waals surface area contributed by atoms with Crippen molar-refractivity contribution in [3.63, 3.8) is 0 Å². The van der Waals surface area contributed by atoms with Crippen LogP contribution in [0, 0.1) is 0 Å². The van der Waals surface area contributed by atoms with E-state index >= 15 is 0 Å². The summed E-state index contributed by atoms with van der Waals surface area (Å²) in [5.41, 5.74) is 0. The molecule has 1 rings (SSSR count). The number of rotatable bonds is 6. The fourth-order valence-electron chi connectivity index (χ4n) is 2.03. The van der Waals surface area contributed by atoms with Crippen LogP contribution < -0.4 is 0 Å². The third-order valence-corrected chi connectivity index (χ3v) is 6.18. The molecule has 0 aliphatic carbocycles. The summed E-state index contributed by atoms with van der Waals surface area (Å²) >= 11 is 0. The maximum atomic E-state index is 6.20. The Hall–Kier alpha value is 0.310. The van der Waals surface area contributed by atoms with Crippen molar-refractivity contribution in [1.29, 1.82) is 0 Å². The third kappa shape index (κ3) is 3.89. The Bertz CT molecular complexity index is 207. The average Bonchev–Trinajstić information content (AvgIpc) is 2.70. The zero-order valence-electron chi connectivity index (χ0n) is 12.3. The van der Waals surface area contributed by atoms with Gasteiger partial charge in [-0.15, -0.1) is 0 Å². The average molecular weight is 260 g/mol. The van der Waals surface area contributed by atoms with Gasteiger partial charge in [0.15, 0.2) is 8.45 Å². The molecule has 1 unspecified atom stereocenters. The molecule has 0 aromatic rings. The lowest BCUT2D eigenvalue weighted by atomic mass is 10.2. The lowest BCUT2D eigenvalue weighted by molar-refractivity contribution is 0.216. The highest BCUT2D eigenvalue weighted by atomic mass is 31.2. The SMILES string of the molecule is CC[C@@H](C)N1CCN([C@@H](C)CC)P1OC(C)C. The molecule has 1 fully saturated rings. The molecule has 0 amide bonds. The maximum Gasteiger partial charge on any atom is 0.188 e. The number of hydrogen-bond acceptors (Lipinski definition) is 3. The van der Waals surface area contributed by atoms with Crippen molar-refractivity contribution >= 4 is 8.45 Å². The molecule has 1 saturated heterocycles. The first kappa shape index (κ1) is 15.4. The van der Waals surface area contributed by atoms with Gasteiger partial charge in [-0.3, -0.25) is 0 Å². The van der Waals surface area contributed by atoms with Gasteiger partial charge in [-0.2, -0.15) is 0 Å². The second kappa shape index (κ2) is 7.04. The van der Waals surface area contributed by atoms with Crippen LogP contribution in [0.2, 0.25) is 0 Å². The minimum atomic E-state index is -0.535. The molecule has 1 heterocycles. The Morgan fingerprint density at radius 1 is 0.941 bits per heavy atom. The summed E-state index contributed by atoms with van der Waals surface area (Å²) in [6, 6.07) is 1.27. The molecule has 0 bridgehead atoms. The topological polar surface area (TPSA) is 15.7 Å². The second-order valence-electron chi connectivity index (χ2n) is 5.25. The smallest absolute Gasteiger partial charge is 0.188 e. The third-order valence-electron chi connectivity index (χ3n) is 3.50. The van der Waals surface area contributed by atoms with Gasteiger partial charge in [0, 0.05) is 25.2 Å². The predicted octanol–water partition coefficient (Wildman–Crippen LogP) is 3.85. The van der Waals surface area contributed by atoms with Crippen molar-refractivity contribution < 1.29 is 4.52 Å². The number of nitrogens with zero attached hydrogens (tertiary/aromatic N) is 2. The first-order valence-electron chi connectivity index (χ1n) is 7.01. The lowest BCUT2D eigenvalue weighted by Gasteiger charge is -2.35. The van der Waals surface area contributed by atoms with Gasteiger partial charge in [0.1, 0.15) is 0 Å². The van der Waals surface area contributed by atoms with E-state index in [1.807, 2.05) is 0 Å². The van der Waals surface area contributed by atoms with Crippen molar-refractivity contribution in [3.05, 3.63) is 0 Å².